The molecule has 47 heavy (non-hydrogen) atoms. The monoisotopic (exact) mass is 610 g/mol. The predicted octanol–water partition coefficient (Wildman–Crippen LogP) is 9.18. The first-order valence-corrected chi connectivity index (χ1v) is 15.8. The fourth-order valence-electron chi connectivity index (χ4n) is 6.33. The van der Waals surface area contributed by atoms with Crippen molar-refractivity contribution >= 4 is 51.0 Å². The molecule has 0 atom stereocenters. The number of hydrogen-bond donors (Lipinski definition) is 0. The molecule has 0 saturated carbocycles. The lowest BCUT2D eigenvalue weighted by Gasteiger charge is -2.32. The van der Waals surface area contributed by atoms with Gasteiger partial charge >= 0.3 is 7.12 Å². The third kappa shape index (κ3) is 4.77. The molecule has 0 unspecified atom stereocenters. The maximum atomic E-state index is 8.26. The van der Waals surface area contributed by atoms with Crippen LogP contribution in [-0.2, 0) is 9.31 Å². The van der Waals surface area contributed by atoms with Crippen molar-refractivity contribution in [1.29, 1.82) is 0 Å². The fraction of sp³-hybridized carbons (Fsp3) is 0.150. The van der Waals surface area contributed by atoms with Crippen molar-refractivity contribution in [3.05, 3.63) is 127 Å². The Kier molecular flexibility index (Phi) is 6.69. The zero-order valence-corrected chi connectivity index (χ0v) is 26.7. The zero-order chi connectivity index (χ0) is 32.3. The number of pyridine rings is 1. The summed E-state index contributed by atoms with van der Waals surface area (Å²) in [6.07, 6.45) is 0. The summed E-state index contributed by atoms with van der Waals surface area (Å²) in [6, 6.07) is 38.3. The summed E-state index contributed by atoms with van der Waals surface area (Å²) in [5.74, 6) is 0. The molecule has 0 amide bonds. The summed E-state index contributed by atoms with van der Waals surface area (Å²) < 4.78 is 12.8. The van der Waals surface area contributed by atoms with Gasteiger partial charge in [0.2, 0.25) is 5.69 Å². The Bertz CT molecular complexity index is 2370. The highest BCUT2D eigenvalue weighted by Gasteiger charge is 2.51. The smallest absolute Gasteiger partial charge is 0.399 e. The summed E-state index contributed by atoms with van der Waals surface area (Å²) in [7, 11) is -0.512. The summed E-state index contributed by atoms with van der Waals surface area (Å²) in [4.78, 5) is 19.8. The lowest BCUT2D eigenvalue weighted by molar-refractivity contribution is 0.00578. The Morgan fingerprint density at radius 3 is 1.79 bits per heavy atom. The lowest BCUT2D eigenvalue weighted by atomic mass is 9.78. The largest absolute Gasteiger partial charge is 0.494 e. The van der Waals surface area contributed by atoms with E-state index in [-0.39, 0.29) is 0 Å². The zero-order valence-electron chi connectivity index (χ0n) is 26.7. The van der Waals surface area contributed by atoms with Crippen molar-refractivity contribution < 1.29 is 9.31 Å². The minimum absolute atomic E-state index is 0.428. The Morgan fingerprint density at radius 1 is 0.574 bits per heavy atom. The normalized spacial score (nSPS) is 15.3. The molecular weight excluding hydrogens is 579 g/mol. The highest BCUT2D eigenvalue weighted by Crippen LogP contribution is 2.43. The third-order valence-electron chi connectivity index (χ3n) is 9.49. The van der Waals surface area contributed by atoms with Crippen LogP contribution in [0.3, 0.4) is 0 Å². The van der Waals surface area contributed by atoms with E-state index in [0.29, 0.717) is 16.7 Å². The number of benzene rings is 5. The molecular formula is C40H31BN4O2. The van der Waals surface area contributed by atoms with Gasteiger partial charge in [-0.2, -0.15) is 0 Å². The van der Waals surface area contributed by atoms with Crippen molar-refractivity contribution in [2.24, 2.45) is 0 Å². The van der Waals surface area contributed by atoms with Gasteiger partial charge in [0.25, 0.3) is 0 Å². The Hall–Kier alpha value is -5.42. The minimum Gasteiger partial charge on any atom is -0.399 e. The number of aromatic nitrogens is 3. The van der Waals surface area contributed by atoms with E-state index >= 15 is 0 Å². The van der Waals surface area contributed by atoms with Crippen LogP contribution in [0.1, 0.15) is 27.7 Å². The number of para-hydroxylation sites is 1. The molecule has 0 N–H and O–H groups in total. The Balaban J connectivity index is 1.44. The molecule has 6 nitrogen and oxygen atoms in total. The second-order valence-corrected chi connectivity index (χ2v) is 13.0. The summed E-state index contributed by atoms with van der Waals surface area (Å²) >= 11 is 0. The summed E-state index contributed by atoms with van der Waals surface area (Å²) in [5.41, 5.74) is 7.56. The van der Waals surface area contributed by atoms with Crippen LogP contribution >= 0.6 is 0 Å². The van der Waals surface area contributed by atoms with E-state index in [2.05, 4.69) is 56.8 Å². The highest BCUT2D eigenvalue weighted by atomic mass is 16.7. The summed E-state index contributed by atoms with van der Waals surface area (Å²) in [6.45, 7) is 16.5. The standard InChI is InChI=1S/C40H31BN4O2/c1-39(2)40(3,4)47-41(46-39)28-20-14-19-27(23-28)34-30-24-32(42-5)37-38(33(30)29-21-12-13-22-31(29)43-34)45-36(26-17-10-7-11-18-26)35(44-37)25-15-8-6-9-16-25/h6-24H,1-4H3. The van der Waals surface area contributed by atoms with Crippen LogP contribution in [0.2, 0.25) is 0 Å². The summed E-state index contributed by atoms with van der Waals surface area (Å²) in [5, 5.41) is 2.71. The third-order valence-corrected chi connectivity index (χ3v) is 9.49. The molecule has 3 heterocycles. The Labute approximate surface area is 274 Å². The molecule has 7 aromatic rings. The molecule has 2 aromatic heterocycles. The maximum Gasteiger partial charge on any atom is 0.494 e. The van der Waals surface area contributed by atoms with Gasteiger partial charge in [-0.25, -0.2) is 14.8 Å². The molecule has 1 aliphatic heterocycles. The number of rotatable bonds is 4. The van der Waals surface area contributed by atoms with Crippen LogP contribution in [0, 0.1) is 6.57 Å². The van der Waals surface area contributed by atoms with Crippen LogP contribution in [0.4, 0.5) is 5.69 Å². The second kappa shape index (κ2) is 10.8. The van der Waals surface area contributed by atoms with Gasteiger partial charge in [-0.3, -0.25) is 4.98 Å². The fourth-order valence-corrected chi connectivity index (χ4v) is 6.33. The van der Waals surface area contributed by atoms with Crippen LogP contribution in [0.15, 0.2) is 115 Å². The maximum absolute atomic E-state index is 8.26. The Morgan fingerprint density at radius 2 is 1.15 bits per heavy atom. The van der Waals surface area contributed by atoms with Gasteiger partial charge in [0.15, 0.2) is 0 Å². The second-order valence-electron chi connectivity index (χ2n) is 13.0. The van der Waals surface area contributed by atoms with E-state index in [4.69, 9.17) is 30.8 Å². The molecule has 5 aromatic carbocycles. The van der Waals surface area contributed by atoms with Gasteiger partial charge in [-0.1, -0.05) is 103 Å². The molecule has 7 heteroatoms. The molecule has 226 valence electrons. The van der Waals surface area contributed by atoms with E-state index in [0.717, 1.165) is 60.9 Å². The van der Waals surface area contributed by atoms with Crippen molar-refractivity contribution in [1.82, 2.24) is 15.0 Å². The van der Waals surface area contributed by atoms with Crippen molar-refractivity contribution in [3.8, 4) is 33.8 Å². The van der Waals surface area contributed by atoms with Crippen LogP contribution < -0.4 is 5.46 Å². The van der Waals surface area contributed by atoms with Crippen molar-refractivity contribution in [2.45, 2.75) is 38.9 Å². The topological polar surface area (TPSA) is 61.5 Å². The van der Waals surface area contributed by atoms with E-state index in [1.165, 1.54) is 0 Å². The van der Waals surface area contributed by atoms with Crippen molar-refractivity contribution in [2.75, 3.05) is 0 Å². The van der Waals surface area contributed by atoms with Gasteiger partial charge in [0.1, 0.15) is 0 Å². The van der Waals surface area contributed by atoms with Gasteiger partial charge in [-0.15, -0.1) is 0 Å². The average molecular weight is 611 g/mol. The predicted molar refractivity (Wildman–Crippen MR) is 191 cm³/mol. The first-order chi connectivity index (χ1) is 22.7. The molecule has 0 bridgehead atoms. The molecule has 0 spiro atoms. The number of fused-ring (bicyclic) bond motifs is 5. The first-order valence-electron chi connectivity index (χ1n) is 15.8. The minimum atomic E-state index is -0.512. The van der Waals surface area contributed by atoms with Crippen molar-refractivity contribution in [3.63, 3.8) is 0 Å². The van der Waals surface area contributed by atoms with Gasteiger partial charge < -0.3 is 9.31 Å². The first kappa shape index (κ1) is 29.0. The van der Waals surface area contributed by atoms with Crippen LogP contribution in [-0.4, -0.2) is 33.3 Å². The van der Waals surface area contributed by atoms with E-state index in [9.17, 15) is 0 Å². The molecule has 1 aliphatic rings. The van der Waals surface area contributed by atoms with Gasteiger partial charge in [0.05, 0.1) is 51.4 Å². The van der Waals surface area contributed by atoms with E-state index < -0.39 is 18.3 Å². The molecule has 1 saturated heterocycles. The SMILES string of the molecule is [C-]#[N+]c1cc2c(-c3cccc(B4OC(C)(C)C(C)(C)O4)c3)nc3ccccc3c2c2nc(-c3ccccc3)c(-c3ccccc3)nc12. The van der Waals surface area contributed by atoms with Gasteiger partial charge in [0, 0.05) is 32.8 Å². The lowest BCUT2D eigenvalue weighted by Crippen LogP contribution is -2.41. The van der Waals surface area contributed by atoms with Crippen LogP contribution in [0.25, 0.3) is 71.3 Å². The van der Waals surface area contributed by atoms with E-state index in [1.807, 2.05) is 91.0 Å². The molecule has 8 rings (SSSR count). The average Bonchev–Trinajstić information content (AvgIpc) is 3.33. The number of hydrogen-bond acceptors (Lipinski definition) is 5. The van der Waals surface area contributed by atoms with Crippen LogP contribution in [0.5, 0.6) is 0 Å². The quantitative estimate of drug-likeness (QED) is 0.113. The number of nitrogens with zero attached hydrogens (tertiary/aromatic N) is 4. The highest BCUT2D eigenvalue weighted by molar-refractivity contribution is 6.62. The van der Waals surface area contributed by atoms with E-state index in [1.54, 1.807) is 0 Å². The molecule has 0 radical (unpaired) electrons. The molecule has 0 aliphatic carbocycles. The molecule has 1 fully saturated rings. The van der Waals surface area contributed by atoms with Gasteiger partial charge in [-0.05, 0) is 45.3 Å².